The summed E-state index contributed by atoms with van der Waals surface area (Å²) in [5.41, 5.74) is 3.71. The number of amides is 1. The lowest BCUT2D eigenvalue weighted by Crippen LogP contribution is -2.14. The molecule has 0 fully saturated rings. The molecule has 0 saturated heterocycles. The lowest BCUT2D eigenvalue weighted by atomic mass is 10.1. The predicted octanol–water partition coefficient (Wildman–Crippen LogP) is 3.75. The SMILES string of the molecule is CCOC(=O)/C=C/c1ccc(NC(=O)Cc2ccccc2C)cc1. The molecular formula is C20H21NO3. The maximum Gasteiger partial charge on any atom is 0.330 e. The van der Waals surface area contributed by atoms with Gasteiger partial charge in [0.25, 0.3) is 0 Å². The summed E-state index contributed by atoms with van der Waals surface area (Å²) in [5, 5.41) is 2.88. The zero-order valence-electron chi connectivity index (χ0n) is 13.9. The van der Waals surface area contributed by atoms with E-state index in [-0.39, 0.29) is 11.9 Å². The van der Waals surface area contributed by atoms with E-state index in [1.165, 1.54) is 6.08 Å². The van der Waals surface area contributed by atoms with Crippen molar-refractivity contribution in [3.63, 3.8) is 0 Å². The Bertz CT molecular complexity index is 733. The summed E-state index contributed by atoms with van der Waals surface area (Å²) in [5.74, 6) is -0.424. The van der Waals surface area contributed by atoms with Crippen molar-refractivity contribution in [1.82, 2.24) is 0 Å². The molecule has 0 radical (unpaired) electrons. The highest BCUT2D eigenvalue weighted by molar-refractivity contribution is 5.92. The van der Waals surface area contributed by atoms with E-state index in [2.05, 4.69) is 5.32 Å². The number of esters is 1. The van der Waals surface area contributed by atoms with Crippen LogP contribution in [0, 0.1) is 6.92 Å². The van der Waals surface area contributed by atoms with Crippen LogP contribution in [0.1, 0.15) is 23.6 Å². The Hall–Kier alpha value is -2.88. The van der Waals surface area contributed by atoms with Gasteiger partial charge >= 0.3 is 5.97 Å². The van der Waals surface area contributed by atoms with Crippen LogP contribution in [0.3, 0.4) is 0 Å². The summed E-state index contributed by atoms with van der Waals surface area (Å²) in [6.07, 6.45) is 3.41. The number of carbonyl (C=O) groups is 2. The first kappa shape index (κ1) is 17.5. The van der Waals surface area contributed by atoms with Crippen LogP contribution in [0.25, 0.3) is 6.08 Å². The van der Waals surface area contributed by atoms with Crippen molar-refractivity contribution in [2.24, 2.45) is 0 Å². The van der Waals surface area contributed by atoms with Crippen molar-refractivity contribution < 1.29 is 14.3 Å². The van der Waals surface area contributed by atoms with Gasteiger partial charge in [-0.2, -0.15) is 0 Å². The number of nitrogens with one attached hydrogen (secondary N) is 1. The number of anilines is 1. The Kier molecular flexibility index (Phi) is 6.32. The number of hydrogen-bond donors (Lipinski definition) is 1. The van der Waals surface area contributed by atoms with Crippen molar-refractivity contribution in [3.05, 3.63) is 71.3 Å². The van der Waals surface area contributed by atoms with Gasteiger partial charge in [-0.15, -0.1) is 0 Å². The van der Waals surface area contributed by atoms with Crippen molar-refractivity contribution in [2.45, 2.75) is 20.3 Å². The average Bonchev–Trinajstić information content (AvgIpc) is 2.57. The van der Waals surface area contributed by atoms with Gasteiger partial charge in [-0.05, 0) is 48.7 Å². The summed E-state index contributed by atoms with van der Waals surface area (Å²) < 4.78 is 4.82. The van der Waals surface area contributed by atoms with Gasteiger partial charge in [0.2, 0.25) is 5.91 Å². The van der Waals surface area contributed by atoms with Crippen LogP contribution in [-0.4, -0.2) is 18.5 Å². The summed E-state index contributed by atoms with van der Waals surface area (Å²) in [7, 11) is 0. The Labute approximate surface area is 142 Å². The quantitative estimate of drug-likeness (QED) is 0.650. The fourth-order valence-corrected chi connectivity index (χ4v) is 2.22. The van der Waals surface area contributed by atoms with E-state index in [9.17, 15) is 9.59 Å². The fraction of sp³-hybridized carbons (Fsp3) is 0.200. The lowest BCUT2D eigenvalue weighted by Gasteiger charge is -2.07. The second-order valence-electron chi connectivity index (χ2n) is 5.36. The topological polar surface area (TPSA) is 55.4 Å². The molecule has 0 spiro atoms. The Morgan fingerprint density at radius 1 is 1.08 bits per heavy atom. The highest BCUT2D eigenvalue weighted by Crippen LogP contribution is 2.13. The molecule has 0 aliphatic heterocycles. The average molecular weight is 323 g/mol. The van der Waals surface area contributed by atoms with Crippen molar-refractivity contribution in [2.75, 3.05) is 11.9 Å². The highest BCUT2D eigenvalue weighted by Gasteiger charge is 2.06. The third-order valence-corrected chi connectivity index (χ3v) is 3.51. The lowest BCUT2D eigenvalue weighted by molar-refractivity contribution is -0.137. The van der Waals surface area contributed by atoms with Crippen molar-refractivity contribution in [3.8, 4) is 0 Å². The summed E-state index contributed by atoms with van der Waals surface area (Å²) in [6, 6.07) is 15.1. The Balaban J connectivity index is 1.93. The normalized spacial score (nSPS) is 10.6. The molecule has 0 heterocycles. The van der Waals surface area contributed by atoms with Crippen LogP contribution >= 0.6 is 0 Å². The third kappa shape index (κ3) is 5.39. The van der Waals surface area contributed by atoms with E-state index >= 15 is 0 Å². The minimum atomic E-state index is -0.367. The molecule has 4 nitrogen and oxygen atoms in total. The zero-order chi connectivity index (χ0) is 17.4. The molecule has 124 valence electrons. The monoisotopic (exact) mass is 323 g/mol. The van der Waals surface area contributed by atoms with Crippen molar-refractivity contribution >= 4 is 23.6 Å². The molecule has 24 heavy (non-hydrogen) atoms. The van der Waals surface area contributed by atoms with E-state index in [0.29, 0.717) is 13.0 Å². The summed E-state index contributed by atoms with van der Waals surface area (Å²) in [6.45, 7) is 4.11. The minimum absolute atomic E-state index is 0.0564. The maximum atomic E-state index is 12.1. The first-order valence-corrected chi connectivity index (χ1v) is 7.87. The van der Waals surface area contributed by atoms with E-state index in [1.54, 1.807) is 25.1 Å². The molecule has 0 atom stereocenters. The van der Waals surface area contributed by atoms with Gasteiger partial charge < -0.3 is 10.1 Å². The maximum absolute atomic E-state index is 12.1. The summed E-state index contributed by atoms with van der Waals surface area (Å²) in [4.78, 5) is 23.4. The molecule has 0 unspecified atom stereocenters. The molecule has 0 bridgehead atoms. The molecule has 2 rings (SSSR count). The second-order valence-corrected chi connectivity index (χ2v) is 5.36. The Morgan fingerprint density at radius 3 is 2.46 bits per heavy atom. The van der Waals surface area contributed by atoms with Crippen LogP contribution in [0.4, 0.5) is 5.69 Å². The molecule has 2 aromatic rings. The fourth-order valence-electron chi connectivity index (χ4n) is 2.22. The van der Waals surface area contributed by atoms with Gasteiger partial charge in [-0.25, -0.2) is 4.79 Å². The zero-order valence-corrected chi connectivity index (χ0v) is 13.9. The van der Waals surface area contributed by atoms with Crippen LogP contribution < -0.4 is 5.32 Å². The van der Waals surface area contributed by atoms with Crippen LogP contribution in [-0.2, 0) is 20.7 Å². The molecule has 0 aromatic heterocycles. The summed E-state index contributed by atoms with van der Waals surface area (Å²) >= 11 is 0. The first-order chi connectivity index (χ1) is 11.6. The predicted molar refractivity (Wildman–Crippen MR) is 95.6 cm³/mol. The van der Waals surface area contributed by atoms with Gasteiger partial charge in [0.05, 0.1) is 13.0 Å². The van der Waals surface area contributed by atoms with Crippen LogP contribution in [0.15, 0.2) is 54.6 Å². The van der Waals surface area contributed by atoms with Crippen LogP contribution in [0.5, 0.6) is 0 Å². The van der Waals surface area contributed by atoms with Gasteiger partial charge in [-0.1, -0.05) is 36.4 Å². The largest absolute Gasteiger partial charge is 0.463 e. The standard InChI is InChI=1S/C20H21NO3/c1-3-24-20(23)13-10-16-8-11-18(12-9-16)21-19(22)14-17-7-5-4-6-15(17)2/h4-13H,3,14H2,1-2H3,(H,21,22)/b13-10+. The van der Waals surface area contributed by atoms with E-state index in [0.717, 1.165) is 22.4 Å². The smallest absolute Gasteiger partial charge is 0.330 e. The number of hydrogen-bond acceptors (Lipinski definition) is 3. The van der Waals surface area contributed by atoms with Crippen molar-refractivity contribution in [1.29, 1.82) is 0 Å². The second kappa shape index (κ2) is 8.67. The molecule has 0 saturated carbocycles. The van der Waals surface area contributed by atoms with E-state index in [4.69, 9.17) is 4.74 Å². The highest BCUT2D eigenvalue weighted by atomic mass is 16.5. The van der Waals surface area contributed by atoms with Gasteiger partial charge in [0.15, 0.2) is 0 Å². The number of ether oxygens (including phenoxy) is 1. The first-order valence-electron chi connectivity index (χ1n) is 7.87. The molecule has 2 aromatic carbocycles. The molecule has 4 heteroatoms. The third-order valence-electron chi connectivity index (χ3n) is 3.51. The van der Waals surface area contributed by atoms with E-state index in [1.807, 2.05) is 43.3 Å². The number of aryl methyl sites for hydroxylation is 1. The van der Waals surface area contributed by atoms with E-state index < -0.39 is 0 Å². The molecule has 1 amide bonds. The van der Waals surface area contributed by atoms with Gasteiger partial charge in [-0.3, -0.25) is 4.79 Å². The minimum Gasteiger partial charge on any atom is -0.463 e. The Morgan fingerprint density at radius 2 is 1.79 bits per heavy atom. The van der Waals surface area contributed by atoms with Gasteiger partial charge in [0, 0.05) is 11.8 Å². The number of rotatable bonds is 6. The molecule has 0 aliphatic carbocycles. The molecular weight excluding hydrogens is 302 g/mol. The van der Waals surface area contributed by atoms with Gasteiger partial charge in [0.1, 0.15) is 0 Å². The number of benzene rings is 2. The number of carbonyl (C=O) groups excluding carboxylic acids is 2. The molecule has 1 N–H and O–H groups in total. The molecule has 0 aliphatic rings. The van der Waals surface area contributed by atoms with Crippen LogP contribution in [0.2, 0.25) is 0 Å².